The van der Waals surface area contributed by atoms with Gasteiger partial charge in [0.2, 0.25) is 11.8 Å². The van der Waals surface area contributed by atoms with Crippen LogP contribution in [0, 0.1) is 11.2 Å². The van der Waals surface area contributed by atoms with E-state index in [1.54, 1.807) is 17.0 Å². The van der Waals surface area contributed by atoms with Gasteiger partial charge in [-0.15, -0.1) is 0 Å². The number of hydrogen-bond acceptors (Lipinski definition) is 3. The van der Waals surface area contributed by atoms with Gasteiger partial charge in [0.15, 0.2) is 0 Å². The lowest BCUT2D eigenvalue weighted by atomic mass is 9.67. The Kier molecular flexibility index (Phi) is 4.60. The van der Waals surface area contributed by atoms with Crippen molar-refractivity contribution in [2.24, 2.45) is 5.41 Å². The van der Waals surface area contributed by atoms with Crippen molar-refractivity contribution in [3.63, 3.8) is 0 Å². The molecule has 146 valence electrons. The number of amides is 2. The largest absolute Gasteiger partial charge is 0.368 e. The van der Waals surface area contributed by atoms with Crippen molar-refractivity contribution in [2.75, 3.05) is 31.1 Å². The average Bonchev–Trinajstić information content (AvgIpc) is 3.18. The molecule has 1 aromatic carbocycles. The Balaban J connectivity index is 1.45. The van der Waals surface area contributed by atoms with E-state index in [1.165, 1.54) is 12.1 Å². The minimum absolute atomic E-state index is 0.0539. The normalized spacial score (nSPS) is 24.7. The standard InChI is InChI=1S/C21H28FN3O2/c1-15(2)25-18(21(20(25)27)9-3-4-10-21)19(26)24-13-11-23(12-14-24)17-7-5-16(22)6-8-17/h5-8,15,18H,3-4,9-14H2,1-2H3. The zero-order valence-corrected chi connectivity index (χ0v) is 16.2. The van der Waals surface area contributed by atoms with Crippen LogP contribution in [-0.4, -0.2) is 59.9 Å². The van der Waals surface area contributed by atoms with Gasteiger partial charge in [-0.25, -0.2) is 4.39 Å². The van der Waals surface area contributed by atoms with Crippen molar-refractivity contribution in [1.82, 2.24) is 9.80 Å². The summed E-state index contributed by atoms with van der Waals surface area (Å²) in [4.78, 5) is 32.1. The Morgan fingerprint density at radius 3 is 2.22 bits per heavy atom. The van der Waals surface area contributed by atoms with Crippen molar-refractivity contribution in [3.05, 3.63) is 30.1 Å². The number of piperazine rings is 1. The van der Waals surface area contributed by atoms with Crippen LogP contribution >= 0.6 is 0 Å². The molecule has 1 aromatic rings. The van der Waals surface area contributed by atoms with E-state index < -0.39 is 5.41 Å². The number of likely N-dealkylation sites (tertiary alicyclic amines) is 1. The molecule has 5 nitrogen and oxygen atoms in total. The Bertz CT molecular complexity index is 719. The fourth-order valence-corrected chi connectivity index (χ4v) is 5.08. The zero-order valence-electron chi connectivity index (χ0n) is 16.2. The van der Waals surface area contributed by atoms with Gasteiger partial charge < -0.3 is 14.7 Å². The van der Waals surface area contributed by atoms with E-state index in [1.807, 2.05) is 18.7 Å². The highest BCUT2D eigenvalue weighted by Gasteiger charge is 2.65. The number of anilines is 1. The highest BCUT2D eigenvalue weighted by Crippen LogP contribution is 2.52. The number of carbonyl (C=O) groups is 2. The van der Waals surface area contributed by atoms with Crippen LogP contribution in [0.3, 0.4) is 0 Å². The SMILES string of the molecule is CC(C)N1C(=O)C2(CCCC2)C1C(=O)N1CCN(c2ccc(F)cc2)CC1. The number of benzene rings is 1. The second-order valence-electron chi connectivity index (χ2n) is 8.36. The molecule has 2 heterocycles. The van der Waals surface area contributed by atoms with Crippen LogP contribution in [0.5, 0.6) is 0 Å². The molecule has 27 heavy (non-hydrogen) atoms. The Labute approximate surface area is 160 Å². The summed E-state index contributed by atoms with van der Waals surface area (Å²) in [5.41, 5.74) is 0.550. The lowest BCUT2D eigenvalue weighted by Gasteiger charge is -2.56. The lowest BCUT2D eigenvalue weighted by molar-refractivity contribution is -0.185. The van der Waals surface area contributed by atoms with Crippen LogP contribution < -0.4 is 4.90 Å². The molecule has 0 radical (unpaired) electrons. The topological polar surface area (TPSA) is 43.9 Å². The first kappa shape index (κ1) is 18.3. The third-order valence-electron chi connectivity index (χ3n) is 6.53. The third-order valence-corrected chi connectivity index (χ3v) is 6.53. The number of β-lactam (4-membered cyclic amide) rings is 1. The summed E-state index contributed by atoms with van der Waals surface area (Å²) < 4.78 is 13.1. The van der Waals surface area contributed by atoms with Gasteiger partial charge in [0.05, 0.1) is 5.41 Å². The van der Waals surface area contributed by atoms with Gasteiger partial charge >= 0.3 is 0 Å². The van der Waals surface area contributed by atoms with E-state index >= 15 is 0 Å². The molecule has 3 fully saturated rings. The predicted octanol–water partition coefficient (Wildman–Crippen LogP) is 2.65. The van der Waals surface area contributed by atoms with E-state index in [0.717, 1.165) is 44.5 Å². The maximum atomic E-state index is 13.4. The summed E-state index contributed by atoms with van der Waals surface area (Å²) >= 11 is 0. The van der Waals surface area contributed by atoms with Crippen LogP contribution in [0.4, 0.5) is 10.1 Å². The Morgan fingerprint density at radius 2 is 1.67 bits per heavy atom. The Morgan fingerprint density at radius 1 is 1.07 bits per heavy atom. The van der Waals surface area contributed by atoms with Crippen molar-refractivity contribution < 1.29 is 14.0 Å². The van der Waals surface area contributed by atoms with Crippen LogP contribution in [0.2, 0.25) is 0 Å². The molecular formula is C21H28FN3O2. The van der Waals surface area contributed by atoms with Crippen molar-refractivity contribution in [3.8, 4) is 0 Å². The van der Waals surface area contributed by atoms with Crippen LogP contribution in [-0.2, 0) is 9.59 Å². The lowest BCUT2D eigenvalue weighted by Crippen LogP contribution is -2.74. The van der Waals surface area contributed by atoms with Crippen molar-refractivity contribution in [2.45, 2.75) is 51.6 Å². The molecular weight excluding hydrogens is 345 g/mol. The first-order chi connectivity index (χ1) is 12.9. The number of nitrogens with zero attached hydrogens (tertiary/aromatic N) is 3. The maximum absolute atomic E-state index is 13.4. The zero-order chi connectivity index (χ0) is 19.2. The van der Waals surface area contributed by atoms with Gasteiger partial charge in [0.1, 0.15) is 11.9 Å². The highest BCUT2D eigenvalue weighted by atomic mass is 19.1. The second-order valence-corrected chi connectivity index (χ2v) is 8.36. The van der Waals surface area contributed by atoms with E-state index in [2.05, 4.69) is 4.90 Å². The number of halogens is 1. The van der Waals surface area contributed by atoms with Gasteiger partial charge in [-0.05, 0) is 51.0 Å². The summed E-state index contributed by atoms with van der Waals surface area (Å²) in [5, 5.41) is 0. The molecule has 1 spiro atoms. The predicted molar refractivity (Wildman–Crippen MR) is 102 cm³/mol. The number of hydrogen-bond donors (Lipinski definition) is 0. The average molecular weight is 373 g/mol. The van der Waals surface area contributed by atoms with E-state index in [-0.39, 0.29) is 29.7 Å². The summed E-state index contributed by atoms with van der Waals surface area (Å²) in [6.07, 6.45) is 3.78. The van der Waals surface area contributed by atoms with Crippen molar-refractivity contribution in [1.29, 1.82) is 0 Å². The monoisotopic (exact) mass is 373 g/mol. The molecule has 6 heteroatoms. The van der Waals surface area contributed by atoms with Gasteiger partial charge in [0, 0.05) is 37.9 Å². The molecule has 2 amide bonds. The van der Waals surface area contributed by atoms with Crippen LogP contribution in [0.25, 0.3) is 0 Å². The molecule has 1 saturated carbocycles. The van der Waals surface area contributed by atoms with Gasteiger partial charge in [0.25, 0.3) is 0 Å². The number of rotatable bonds is 3. The molecule has 0 aromatic heterocycles. The van der Waals surface area contributed by atoms with Crippen molar-refractivity contribution >= 4 is 17.5 Å². The van der Waals surface area contributed by atoms with Gasteiger partial charge in [-0.1, -0.05) is 12.8 Å². The van der Waals surface area contributed by atoms with Gasteiger partial charge in [-0.2, -0.15) is 0 Å². The second kappa shape index (κ2) is 6.80. The quantitative estimate of drug-likeness (QED) is 0.765. The first-order valence-corrected chi connectivity index (χ1v) is 10.1. The molecule has 0 bridgehead atoms. The van der Waals surface area contributed by atoms with Gasteiger partial charge in [-0.3, -0.25) is 9.59 Å². The molecule has 2 saturated heterocycles. The van der Waals surface area contributed by atoms with E-state index in [0.29, 0.717) is 13.1 Å². The molecule has 0 N–H and O–H groups in total. The summed E-state index contributed by atoms with van der Waals surface area (Å²) in [7, 11) is 0. The molecule has 4 rings (SSSR count). The fourth-order valence-electron chi connectivity index (χ4n) is 5.08. The fraction of sp³-hybridized carbons (Fsp3) is 0.619. The molecule has 2 aliphatic heterocycles. The molecule has 1 unspecified atom stereocenters. The summed E-state index contributed by atoms with van der Waals surface area (Å²) in [6.45, 7) is 6.73. The summed E-state index contributed by atoms with van der Waals surface area (Å²) in [6, 6.07) is 6.27. The highest BCUT2D eigenvalue weighted by molar-refractivity contribution is 6.02. The number of carbonyl (C=O) groups excluding carboxylic acids is 2. The minimum Gasteiger partial charge on any atom is -0.368 e. The molecule has 3 aliphatic rings. The Hall–Kier alpha value is -2.11. The first-order valence-electron chi connectivity index (χ1n) is 10.1. The van der Waals surface area contributed by atoms with E-state index in [9.17, 15) is 14.0 Å². The molecule has 1 atom stereocenters. The van der Waals surface area contributed by atoms with Crippen LogP contribution in [0.1, 0.15) is 39.5 Å². The maximum Gasteiger partial charge on any atom is 0.246 e. The third kappa shape index (κ3) is 2.89. The molecule has 1 aliphatic carbocycles. The smallest absolute Gasteiger partial charge is 0.246 e. The van der Waals surface area contributed by atoms with Crippen LogP contribution in [0.15, 0.2) is 24.3 Å². The minimum atomic E-state index is -0.435. The summed E-state index contributed by atoms with van der Waals surface area (Å²) in [5.74, 6) is 0.0557. The van der Waals surface area contributed by atoms with E-state index in [4.69, 9.17) is 0 Å².